The maximum atomic E-state index is 13.3. The number of halogens is 2. The van der Waals surface area contributed by atoms with E-state index in [9.17, 15) is 9.18 Å². The van der Waals surface area contributed by atoms with Gasteiger partial charge in [-0.25, -0.2) is 9.37 Å². The van der Waals surface area contributed by atoms with Crippen LogP contribution >= 0.6 is 11.6 Å². The topological polar surface area (TPSA) is 54.5 Å². The number of carbonyl (C=O) groups excluding carboxylic acids is 1. The number of hydrogen-bond acceptors (Lipinski definition) is 4. The van der Waals surface area contributed by atoms with Crippen LogP contribution in [-0.4, -0.2) is 35.9 Å². The third-order valence-electron chi connectivity index (χ3n) is 4.43. The summed E-state index contributed by atoms with van der Waals surface area (Å²) in [6, 6.07) is 7.59. The molecule has 26 heavy (non-hydrogen) atoms. The van der Waals surface area contributed by atoms with Crippen molar-refractivity contribution in [2.24, 2.45) is 5.92 Å². The van der Waals surface area contributed by atoms with Gasteiger partial charge in [0.1, 0.15) is 5.82 Å². The van der Waals surface area contributed by atoms with E-state index in [-0.39, 0.29) is 17.6 Å². The van der Waals surface area contributed by atoms with Gasteiger partial charge in [-0.1, -0.05) is 17.7 Å². The maximum Gasteiger partial charge on any atom is 0.224 e. The molecule has 1 aliphatic rings. The number of pyridine rings is 1. The molecule has 1 N–H and O–H groups in total. The highest BCUT2D eigenvalue weighted by atomic mass is 35.5. The largest absolute Gasteiger partial charge is 0.437 e. The van der Waals surface area contributed by atoms with Crippen LogP contribution in [-0.2, 0) is 11.3 Å². The molecule has 7 heteroatoms. The Hall–Kier alpha value is -2.18. The molecular formula is C19H21ClFN3O2. The van der Waals surface area contributed by atoms with Crippen molar-refractivity contribution in [3.05, 3.63) is 52.9 Å². The molecule has 0 radical (unpaired) electrons. The van der Waals surface area contributed by atoms with E-state index in [4.69, 9.17) is 16.3 Å². The van der Waals surface area contributed by atoms with Gasteiger partial charge in [0.05, 0.1) is 10.9 Å². The quantitative estimate of drug-likeness (QED) is 0.864. The molecule has 1 aromatic carbocycles. The zero-order valence-corrected chi connectivity index (χ0v) is 15.3. The molecule has 0 unspecified atom stereocenters. The molecule has 138 valence electrons. The van der Waals surface area contributed by atoms with E-state index in [1.54, 1.807) is 19.3 Å². The van der Waals surface area contributed by atoms with Gasteiger partial charge in [-0.05, 0) is 37.1 Å². The van der Waals surface area contributed by atoms with Crippen molar-refractivity contribution in [2.45, 2.75) is 19.4 Å². The van der Waals surface area contributed by atoms with Crippen molar-refractivity contribution in [1.82, 2.24) is 15.2 Å². The summed E-state index contributed by atoms with van der Waals surface area (Å²) in [7, 11) is 1.68. The number of piperidine rings is 1. The molecule has 1 fully saturated rings. The predicted molar refractivity (Wildman–Crippen MR) is 97.8 cm³/mol. The number of nitrogens with zero attached hydrogens (tertiary/aromatic N) is 2. The highest BCUT2D eigenvalue weighted by Crippen LogP contribution is 2.29. The van der Waals surface area contributed by atoms with E-state index < -0.39 is 5.82 Å². The van der Waals surface area contributed by atoms with Gasteiger partial charge in [0.2, 0.25) is 11.8 Å². The molecular weight excluding hydrogens is 357 g/mol. The molecule has 2 aromatic rings. The van der Waals surface area contributed by atoms with Crippen LogP contribution in [0.2, 0.25) is 5.02 Å². The monoisotopic (exact) mass is 377 g/mol. The Morgan fingerprint density at radius 2 is 2.27 bits per heavy atom. The van der Waals surface area contributed by atoms with E-state index in [1.165, 1.54) is 18.2 Å². The minimum atomic E-state index is -0.420. The van der Waals surface area contributed by atoms with E-state index in [2.05, 4.69) is 15.2 Å². The highest BCUT2D eigenvalue weighted by Gasteiger charge is 2.24. The lowest BCUT2D eigenvalue weighted by atomic mass is 9.97. The predicted octanol–water partition coefficient (Wildman–Crippen LogP) is 3.62. The van der Waals surface area contributed by atoms with Crippen LogP contribution in [0.3, 0.4) is 0 Å². The number of hydrogen-bond donors (Lipinski definition) is 1. The molecule has 1 amide bonds. The SMILES string of the molecule is CNC(=O)[C@H]1CCCN(Cc2ccc(Oc3cc(F)ccc3Cl)nc2)C1. The van der Waals surface area contributed by atoms with Crippen molar-refractivity contribution in [3.8, 4) is 11.6 Å². The van der Waals surface area contributed by atoms with Crippen molar-refractivity contribution in [2.75, 3.05) is 20.1 Å². The van der Waals surface area contributed by atoms with E-state index in [0.717, 1.165) is 38.0 Å². The molecule has 3 rings (SSSR count). The zero-order valence-electron chi connectivity index (χ0n) is 14.5. The standard InChI is InChI=1S/C19H21ClFN3O2/c1-22-19(25)14-3-2-8-24(12-14)11-13-4-7-18(23-10-13)26-17-9-15(21)5-6-16(17)20/h4-7,9-10,14H,2-3,8,11-12H2,1H3,(H,22,25)/t14-/m0/s1. The number of aromatic nitrogens is 1. The first kappa shape index (κ1) is 18.6. The summed E-state index contributed by atoms with van der Waals surface area (Å²) in [5.74, 6) is 0.305. The Morgan fingerprint density at radius 1 is 1.42 bits per heavy atom. The minimum absolute atomic E-state index is 0.0411. The fourth-order valence-electron chi connectivity index (χ4n) is 3.11. The molecule has 0 bridgehead atoms. The summed E-state index contributed by atoms with van der Waals surface area (Å²) in [5.41, 5.74) is 1.03. The van der Waals surface area contributed by atoms with Crippen LogP contribution in [0.4, 0.5) is 4.39 Å². The summed E-state index contributed by atoms with van der Waals surface area (Å²) in [5, 5.41) is 3.05. The average molecular weight is 378 g/mol. The number of nitrogens with one attached hydrogen (secondary N) is 1. The summed E-state index contributed by atoms with van der Waals surface area (Å²) < 4.78 is 18.8. The van der Waals surface area contributed by atoms with Gasteiger partial charge in [0, 0.05) is 38.5 Å². The molecule has 1 aliphatic heterocycles. The van der Waals surface area contributed by atoms with E-state index in [1.807, 2.05) is 6.07 Å². The first-order valence-corrected chi connectivity index (χ1v) is 8.94. The smallest absolute Gasteiger partial charge is 0.224 e. The number of likely N-dealkylation sites (tertiary alicyclic amines) is 1. The van der Waals surface area contributed by atoms with E-state index >= 15 is 0 Å². The van der Waals surface area contributed by atoms with Gasteiger partial charge < -0.3 is 10.1 Å². The van der Waals surface area contributed by atoms with Crippen molar-refractivity contribution in [1.29, 1.82) is 0 Å². The second-order valence-electron chi connectivity index (χ2n) is 6.37. The summed E-state index contributed by atoms with van der Waals surface area (Å²) >= 11 is 6.00. The first-order chi connectivity index (χ1) is 12.5. The molecule has 0 aliphatic carbocycles. The maximum absolute atomic E-state index is 13.3. The third-order valence-corrected chi connectivity index (χ3v) is 4.75. The van der Waals surface area contributed by atoms with Crippen LogP contribution in [0.5, 0.6) is 11.6 Å². The molecule has 1 saturated heterocycles. The van der Waals surface area contributed by atoms with Crippen LogP contribution in [0.1, 0.15) is 18.4 Å². The zero-order chi connectivity index (χ0) is 18.5. The molecule has 2 heterocycles. The minimum Gasteiger partial charge on any atom is -0.437 e. The Bertz CT molecular complexity index is 770. The van der Waals surface area contributed by atoms with Gasteiger partial charge in [-0.15, -0.1) is 0 Å². The third kappa shape index (κ3) is 4.71. The lowest BCUT2D eigenvalue weighted by molar-refractivity contribution is -0.126. The van der Waals surface area contributed by atoms with Crippen LogP contribution < -0.4 is 10.1 Å². The number of benzene rings is 1. The number of rotatable bonds is 5. The van der Waals surface area contributed by atoms with Crippen molar-refractivity contribution >= 4 is 17.5 Å². The molecule has 0 spiro atoms. The highest BCUT2D eigenvalue weighted by molar-refractivity contribution is 6.32. The van der Waals surface area contributed by atoms with Gasteiger partial charge in [-0.3, -0.25) is 9.69 Å². The Labute approximate surface area is 157 Å². The van der Waals surface area contributed by atoms with Gasteiger partial charge >= 0.3 is 0 Å². The fourth-order valence-corrected chi connectivity index (χ4v) is 3.26. The number of amides is 1. The van der Waals surface area contributed by atoms with Gasteiger partial charge in [0.25, 0.3) is 0 Å². The Balaban J connectivity index is 1.61. The Morgan fingerprint density at radius 3 is 3.00 bits per heavy atom. The lowest BCUT2D eigenvalue weighted by Gasteiger charge is -2.31. The molecule has 5 nitrogen and oxygen atoms in total. The Kier molecular flexibility index (Phi) is 6.06. The molecule has 1 atom stereocenters. The summed E-state index contributed by atoms with van der Waals surface area (Å²) in [6.45, 7) is 2.43. The van der Waals surface area contributed by atoms with Crippen molar-refractivity contribution in [3.63, 3.8) is 0 Å². The second-order valence-corrected chi connectivity index (χ2v) is 6.78. The summed E-state index contributed by atoms with van der Waals surface area (Å²) in [6.07, 6.45) is 3.66. The molecule has 0 saturated carbocycles. The average Bonchev–Trinajstić information content (AvgIpc) is 2.66. The normalized spacial score (nSPS) is 17.7. The first-order valence-electron chi connectivity index (χ1n) is 8.57. The van der Waals surface area contributed by atoms with Crippen molar-refractivity contribution < 1.29 is 13.9 Å². The van der Waals surface area contributed by atoms with Crippen LogP contribution in [0.15, 0.2) is 36.5 Å². The summed E-state index contributed by atoms with van der Waals surface area (Å²) in [4.78, 5) is 18.4. The van der Waals surface area contributed by atoms with Crippen LogP contribution in [0, 0.1) is 11.7 Å². The van der Waals surface area contributed by atoms with Gasteiger partial charge in [-0.2, -0.15) is 0 Å². The van der Waals surface area contributed by atoms with E-state index in [0.29, 0.717) is 10.9 Å². The van der Waals surface area contributed by atoms with Crippen LogP contribution in [0.25, 0.3) is 0 Å². The fraction of sp³-hybridized carbons (Fsp3) is 0.368. The second kappa shape index (κ2) is 8.47. The van der Waals surface area contributed by atoms with Gasteiger partial charge in [0.15, 0.2) is 5.75 Å². The lowest BCUT2D eigenvalue weighted by Crippen LogP contribution is -2.41. The number of carbonyl (C=O) groups is 1. The number of ether oxygens (including phenoxy) is 1. The molecule has 1 aromatic heterocycles.